The summed E-state index contributed by atoms with van der Waals surface area (Å²) in [6.07, 6.45) is 1.88. The number of anilines is 1. The van der Waals surface area contributed by atoms with Gasteiger partial charge in [0, 0.05) is 11.5 Å². The molecule has 1 aliphatic heterocycles. The third-order valence-electron chi connectivity index (χ3n) is 4.07. The largest absolute Gasteiger partial charge is 0.482 e. The van der Waals surface area contributed by atoms with Gasteiger partial charge in [-0.1, -0.05) is 6.42 Å². The lowest BCUT2D eigenvalue weighted by molar-refractivity contribution is -0.142. The van der Waals surface area contributed by atoms with Crippen LogP contribution in [0.1, 0.15) is 29.6 Å². The molecule has 21 heavy (non-hydrogen) atoms. The molecule has 1 saturated carbocycles. The number of amides is 1. The molecule has 2 N–H and O–H groups in total. The van der Waals surface area contributed by atoms with Crippen LogP contribution in [0.15, 0.2) is 18.2 Å². The lowest BCUT2D eigenvalue weighted by atomic mass is 9.88. The van der Waals surface area contributed by atoms with Crippen LogP contribution in [-0.2, 0) is 9.59 Å². The van der Waals surface area contributed by atoms with Crippen molar-refractivity contribution in [1.82, 2.24) is 0 Å². The van der Waals surface area contributed by atoms with Crippen LogP contribution < -0.4 is 10.1 Å². The number of aliphatic carboxylic acids is 1. The smallest absolute Gasteiger partial charge is 0.307 e. The molecule has 1 fully saturated rings. The number of benzene rings is 1. The molecule has 1 aromatic carbocycles. The Morgan fingerprint density at radius 1 is 1.24 bits per heavy atom. The topological polar surface area (TPSA) is 92.7 Å². The van der Waals surface area contributed by atoms with Crippen molar-refractivity contribution in [2.24, 2.45) is 11.8 Å². The Bertz CT molecular complexity index is 624. The number of hydrogen-bond acceptors (Lipinski definition) is 4. The normalized spacial score (nSPS) is 23.9. The predicted molar refractivity (Wildman–Crippen MR) is 73.4 cm³/mol. The highest BCUT2D eigenvalue weighted by Crippen LogP contribution is 2.36. The highest BCUT2D eigenvalue weighted by atomic mass is 16.5. The number of carbonyl (C=O) groups is 3. The predicted octanol–water partition coefficient (Wildman–Crippen LogP) is 1.70. The summed E-state index contributed by atoms with van der Waals surface area (Å²) in [6, 6.07) is 4.81. The molecule has 1 aliphatic carbocycles. The number of hydrogen-bond donors (Lipinski definition) is 2. The molecule has 2 atom stereocenters. The van der Waals surface area contributed by atoms with Gasteiger partial charge >= 0.3 is 5.97 Å². The molecule has 2 aliphatic rings. The Hall–Kier alpha value is -2.37. The maximum atomic E-state index is 12.5. The monoisotopic (exact) mass is 289 g/mol. The second-order valence-corrected chi connectivity index (χ2v) is 5.39. The zero-order valence-corrected chi connectivity index (χ0v) is 11.3. The highest BCUT2D eigenvalue weighted by Gasteiger charge is 2.38. The van der Waals surface area contributed by atoms with Crippen LogP contribution in [0.3, 0.4) is 0 Å². The Balaban J connectivity index is 1.87. The minimum atomic E-state index is -0.916. The molecule has 1 heterocycles. The quantitative estimate of drug-likeness (QED) is 0.826. The van der Waals surface area contributed by atoms with Crippen LogP contribution in [0.4, 0.5) is 5.69 Å². The number of carboxylic acid groups (broad SMARTS) is 1. The molecule has 0 spiro atoms. The molecule has 0 saturated heterocycles. The summed E-state index contributed by atoms with van der Waals surface area (Å²) < 4.78 is 5.24. The first-order valence-corrected chi connectivity index (χ1v) is 6.90. The van der Waals surface area contributed by atoms with E-state index in [2.05, 4.69) is 5.32 Å². The van der Waals surface area contributed by atoms with Crippen molar-refractivity contribution in [2.45, 2.75) is 19.3 Å². The SMILES string of the molecule is O=C1COc2ccc(C(=O)C3CCCC3C(=O)O)cc2N1. The lowest BCUT2D eigenvalue weighted by Crippen LogP contribution is -2.27. The zero-order chi connectivity index (χ0) is 15.0. The van der Waals surface area contributed by atoms with Gasteiger partial charge in [0.05, 0.1) is 11.6 Å². The van der Waals surface area contributed by atoms with E-state index in [-0.39, 0.29) is 18.3 Å². The minimum Gasteiger partial charge on any atom is -0.482 e. The van der Waals surface area contributed by atoms with Crippen molar-refractivity contribution in [3.63, 3.8) is 0 Å². The van der Waals surface area contributed by atoms with E-state index >= 15 is 0 Å². The summed E-state index contributed by atoms with van der Waals surface area (Å²) in [4.78, 5) is 35.0. The Morgan fingerprint density at radius 3 is 2.76 bits per heavy atom. The number of nitrogens with one attached hydrogen (secondary N) is 1. The van der Waals surface area contributed by atoms with Gasteiger partial charge in [-0.3, -0.25) is 14.4 Å². The average molecular weight is 289 g/mol. The summed E-state index contributed by atoms with van der Waals surface area (Å²) >= 11 is 0. The zero-order valence-electron chi connectivity index (χ0n) is 11.3. The molecular weight excluding hydrogens is 274 g/mol. The van der Waals surface area contributed by atoms with Gasteiger partial charge in [-0.25, -0.2) is 0 Å². The van der Waals surface area contributed by atoms with Gasteiger partial charge in [0.2, 0.25) is 0 Å². The summed E-state index contributed by atoms with van der Waals surface area (Å²) in [5, 5.41) is 11.8. The summed E-state index contributed by atoms with van der Waals surface area (Å²) in [7, 11) is 0. The Labute approximate surface area is 121 Å². The summed E-state index contributed by atoms with van der Waals surface area (Å²) in [5.41, 5.74) is 0.875. The third kappa shape index (κ3) is 2.49. The molecule has 0 bridgehead atoms. The number of carboxylic acids is 1. The maximum absolute atomic E-state index is 12.5. The molecular formula is C15H15NO5. The number of ketones is 1. The van der Waals surface area contributed by atoms with Crippen LogP contribution in [0.25, 0.3) is 0 Å². The second-order valence-electron chi connectivity index (χ2n) is 5.39. The van der Waals surface area contributed by atoms with Gasteiger partial charge < -0.3 is 15.2 Å². The van der Waals surface area contributed by atoms with Crippen molar-refractivity contribution in [3.8, 4) is 5.75 Å². The number of Topliss-reactive ketones (excluding diaryl/α,β-unsaturated/α-hetero) is 1. The number of rotatable bonds is 3. The fourth-order valence-corrected chi connectivity index (χ4v) is 3.02. The molecule has 1 amide bonds. The molecule has 110 valence electrons. The first kappa shape index (κ1) is 13.6. The van der Waals surface area contributed by atoms with Crippen LogP contribution in [0.2, 0.25) is 0 Å². The molecule has 6 nitrogen and oxygen atoms in total. The van der Waals surface area contributed by atoms with Crippen LogP contribution >= 0.6 is 0 Å². The van der Waals surface area contributed by atoms with Gasteiger partial charge in [-0.15, -0.1) is 0 Å². The van der Waals surface area contributed by atoms with Gasteiger partial charge in [-0.2, -0.15) is 0 Å². The van der Waals surface area contributed by atoms with Crippen molar-refractivity contribution in [2.75, 3.05) is 11.9 Å². The van der Waals surface area contributed by atoms with Crippen molar-refractivity contribution in [1.29, 1.82) is 0 Å². The summed E-state index contributed by atoms with van der Waals surface area (Å²) in [6.45, 7) is -0.0377. The van der Waals surface area contributed by atoms with E-state index < -0.39 is 17.8 Å². The first-order valence-electron chi connectivity index (χ1n) is 6.90. The van der Waals surface area contributed by atoms with Gasteiger partial charge in [0.15, 0.2) is 12.4 Å². The molecule has 3 rings (SSSR count). The van der Waals surface area contributed by atoms with E-state index in [1.165, 1.54) is 0 Å². The van der Waals surface area contributed by atoms with Crippen LogP contribution in [0, 0.1) is 11.8 Å². The number of carbonyl (C=O) groups excluding carboxylic acids is 2. The first-order chi connectivity index (χ1) is 10.1. The second kappa shape index (κ2) is 5.20. The Morgan fingerprint density at radius 2 is 2.00 bits per heavy atom. The molecule has 0 radical (unpaired) electrons. The number of fused-ring (bicyclic) bond motifs is 1. The molecule has 1 aromatic rings. The fourth-order valence-electron chi connectivity index (χ4n) is 3.02. The van der Waals surface area contributed by atoms with E-state index in [0.717, 1.165) is 6.42 Å². The van der Waals surface area contributed by atoms with E-state index in [9.17, 15) is 19.5 Å². The molecule has 0 aromatic heterocycles. The van der Waals surface area contributed by atoms with Gasteiger partial charge in [0.1, 0.15) is 5.75 Å². The standard InChI is InChI=1S/C15H15NO5/c17-13-7-21-12-5-4-8(6-11(12)16-13)14(18)9-2-1-3-10(9)15(19)20/h4-6,9-10H,1-3,7H2,(H,16,17)(H,19,20). The Kier molecular flexibility index (Phi) is 3.37. The fraction of sp³-hybridized carbons (Fsp3) is 0.400. The number of ether oxygens (including phenoxy) is 1. The summed E-state index contributed by atoms with van der Waals surface area (Å²) in [5.74, 6) is -1.94. The van der Waals surface area contributed by atoms with Gasteiger partial charge in [0.25, 0.3) is 5.91 Å². The van der Waals surface area contributed by atoms with E-state index in [1.54, 1.807) is 18.2 Å². The van der Waals surface area contributed by atoms with Crippen molar-refractivity contribution in [3.05, 3.63) is 23.8 Å². The molecule has 6 heteroatoms. The van der Waals surface area contributed by atoms with Gasteiger partial charge in [-0.05, 0) is 31.0 Å². The van der Waals surface area contributed by atoms with Crippen molar-refractivity contribution >= 4 is 23.3 Å². The highest BCUT2D eigenvalue weighted by molar-refractivity contribution is 6.03. The van der Waals surface area contributed by atoms with E-state index in [4.69, 9.17) is 4.74 Å². The minimum absolute atomic E-state index is 0.0377. The molecule has 2 unspecified atom stereocenters. The van der Waals surface area contributed by atoms with Crippen LogP contribution in [-0.4, -0.2) is 29.4 Å². The third-order valence-corrected chi connectivity index (χ3v) is 4.07. The van der Waals surface area contributed by atoms with E-state index in [1.807, 2.05) is 0 Å². The van der Waals surface area contributed by atoms with E-state index in [0.29, 0.717) is 29.8 Å². The van der Waals surface area contributed by atoms with Crippen molar-refractivity contribution < 1.29 is 24.2 Å². The maximum Gasteiger partial charge on any atom is 0.307 e. The van der Waals surface area contributed by atoms with Crippen LogP contribution in [0.5, 0.6) is 5.75 Å². The lowest BCUT2D eigenvalue weighted by Gasteiger charge is -2.19. The average Bonchev–Trinajstić information content (AvgIpc) is 2.95.